The van der Waals surface area contributed by atoms with Gasteiger partial charge in [-0.25, -0.2) is 8.42 Å². The van der Waals surface area contributed by atoms with Gasteiger partial charge in [-0.1, -0.05) is 0 Å². The first-order valence-corrected chi connectivity index (χ1v) is 7.83. The van der Waals surface area contributed by atoms with Gasteiger partial charge in [0.1, 0.15) is 0 Å². The maximum Gasteiger partial charge on any atom is 0.242 e. The van der Waals surface area contributed by atoms with Gasteiger partial charge < -0.3 is 15.2 Å². The zero-order chi connectivity index (χ0) is 15.2. The number of ether oxygens (including phenoxy) is 1. The zero-order valence-corrected chi connectivity index (χ0v) is 12.9. The first-order chi connectivity index (χ1) is 9.41. The minimum Gasteiger partial charge on any atom is -0.389 e. The third-order valence-corrected chi connectivity index (χ3v) is 4.61. The number of aliphatic hydroxyl groups is 1. The Hall–Kier alpha value is -1.15. The van der Waals surface area contributed by atoms with Gasteiger partial charge in [-0.05, 0) is 31.2 Å². The first kappa shape index (κ1) is 16.9. The summed E-state index contributed by atoms with van der Waals surface area (Å²) in [5.41, 5.74) is 0.869. The van der Waals surface area contributed by atoms with Gasteiger partial charge in [0.25, 0.3) is 0 Å². The van der Waals surface area contributed by atoms with Crippen molar-refractivity contribution in [3.05, 3.63) is 24.3 Å². The molecule has 1 rings (SSSR count). The monoisotopic (exact) mass is 302 g/mol. The molecule has 2 N–H and O–H groups in total. The molecule has 6 nitrogen and oxygen atoms in total. The Labute approximate surface area is 120 Å². The number of rotatable bonds is 8. The highest BCUT2D eigenvalue weighted by Gasteiger charge is 2.22. The largest absolute Gasteiger partial charge is 0.389 e. The second kappa shape index (κ2) is 7.58. The van der Waals surface area contributed by atoms with Crippen molar-refractivity contribution in [2.24, 2.45) is 0 Å². The van der Waals surface area contributed by atoms with Gasteiger partial charge in [0.2, 0.25) is 10.0 Å². The van der Waals surface area contributed by atoms with Crippen molar-refractivity contribution >= 4 is 15.7 Å². The molecule has 1 aromatic rings. The summed E-state index contributed by atoms with van der Waals surface area (Å²) in [5.74, 6) is 0. The lowest BCUT2D eigenvalue weighted by Crippen LogP contribution is -2.36. The quantitative estimate of drug-likeness (QED) is 0.741. The molecule has 1 aromatic carbocycles. The van der Waals surface area contributed by atoms with Crippen molar-refractivity contribution in [3.63, 3.8) is 0 Å². The molecule has 0 spiro atoms. The number of hydrogen-bond acceptors (Lipinski definition) is 5. The molecule has 114 valence electrons. The van der Waals surface area contributed by atoms with Gasteiger partial charge in [-0.15, -0.1) is 0 Å². The van der Waals surface area contributed by atoms with Crippen LogP contribution in [0.2, 0.25) is 0 Å². The summed E-state index contributed by atoms with van der Waals surface area (Å²) in [5, 5.41) is 12.7. The fourth-order valence-electron chi connectivity index (χ4n) is 1.77. The van der Waals surface area contributed by atoms with Crippen LogP contribution in [0, 0.1) is 0 Å². The van der Waals surface area contributed by atoms with E-state index in [2.05, 4.69) is 5.32 Å². The van der Waals surface area contributed by atoms with Crippen LogP contribution in [0.4, 0.5) is 5.69 Å². The van der Waals surface area contributed by atoms with E-state index in [4.69, 9.17) is 4.74 Å². The normalized spacial score (nSPS) is 13.4. The highest BCUT2D eigenvalue weighted by atomic mass is 32.2. The zero-order valence-electron chi connectivity index (χ0n) is 12.0. The fraction of sp³-hybridized carbons (Fsp3) is 0.538. The van der Waals surface area contributed by atoms with Gasteiger partial charge in [0.15, 0.2) is 0 Å². The van der Waals surface area contributed by atoms with E-state index < -0.39 is 16.1 Å². The van der Waals surface area contributed by atoms with Crippen molar-refractivity contribution in [3.8, 4) is 0 Å². The Bertz CT molecular complexity index is 502. The van der Waals surface area contributed by atoms with E-state index in [1.165, 1.54) is 14.2 Å². The van der Waals surface area contributed by atoms with Crippen LogP contribution < -0.4 is 5.32 Å². The maximum atomic E-state index is 12.3. The lowest BCUT2D eigenvalue weighted by atomic mass is 10.3. The first-order valence-electron chi connectivity index (χ1n) is 6.39. The second-order valence-corrected chi connectivity index (χ2v) is 6.49. The van der Waals surface area contributed by atoms with E-state index in [0.29, 0.717) is 0 Å². The molecule has 0 heterocycles. The van der Waals surface area contributed by atoms with Crippen LogP contribution >= 0.6 is 0 Å². The molecule has 0 bridgehead atoms. The number of nitrogens with zero attached hydrogens (tertiary/aromatic N) is 1. The third kappa shape index (κ3) is 4.45. The number of methoxy groups -OCH3 is 1. The molecule has 0 aliphatic heterocycles. The average Bonchev–Trinajstić information content (AvgIpc) is 2.40. The Morgan fingerprint density at radius 3 is 2.45 bits per heavy atom. The van der Waals surface area contributed by atoms with E-state index in [1.807, 2.05) is 6.92 Å². The molecule has 0 saturated heterocycles. The summed E-state index contributed by atoms with van der Waals surface area (Å²) in [6, 6.07) is 6.53. The van der Waals surface area contributed by atoms with Crippen LogP contribution in [0.25, 0.3) is 0 Å². The highest BCUT2D eigenvalue weighted by Crippen LogP contribution is 2.17. The lowest BCUT2D eigenvalue weighted by Gasteiger charge is -2.20. The number of anilines is 1. The molecule has 0 saturated carbocycles. The van der Waals surface area contributed by atoms with Gasteiger partial charge in [0, 0.05) is 32.9 Å². The number of sulfonamides is 1. The van der Waals surface area contributed by atoms with Crippen LogP contribution in [0.5, 0.6) is 0 Å². The molecular formula is C13H22N2O4S. The van der Waals surface area contributed by atoms with Gasteiger partial charge in [0.05, 0.1) is 17.6 Å². The van der Waals surface area contributed by atoms with E-state index in [1.54, 1.807) is 24.3 Å². The second-order valence-electron chi connectivity index (χ2n) is 4.45. The molecular weight excluding hydrogens is 280 g/mol. The number of nitrogens with one attached hydrogen (secondary N) is 1. The molecule has 0 aromatic heterocycles. The Morgan fingerprint density at radius 2 is 1.95 bits per heavy atom. The molecule has 7 heteroatoms. The van der Waals surface area contributed by atoms with E-state index in [-0.39, 0.29) is 18.0 Å². The fourth-order valence-corrected chi connectivity index (χ4v) is 2.98. The average molecular weight is 302 g/mol. The van der Waals surface area contributed by atoms with Crippen molar-refractivity contribution in [2.75, 3.05) is 39.2 Å². The van der Waals surface area contributed by atoms with Crippen molar-refractivity contribution in [1.82, 2.24) is 4.31 Å². The number of aliphatic hydroxyl groups excluding tert-OH is 1. The van der Waals surface area contributed by atoms with Gasteiger partial charge in [-0.3, -0.25) is 0 Å². The van der Waals surface area contributed by atoms with Crippen molar-refractivity contribution in [1.29, 1.82) is 0 Å². The minimum absolute atomic E-state index is 0.00879. The summed E-state index contributed by atoms with van der Waals surface area (Å²) in [6.45, 7) is 2.83. The third-order valence-electron chi connectivity index (χ3n) is 2.77. The topological polar surface area (TPSA) is 78.9 Å². The Morgan fingerprint density at radius 1 is 1.35 bits per heavy atom. The predicted octanol–water partition coefficient (Wildman–Crippen LogP) is 0.746. The molecule has 0 amide bonds. The smallest absolute Gasteiger partial charge is 0.242 e. The van der Waals surface area contributed by atoms with Crippen LogP contribution in [0.15, 0.2) is 29.2 Å². The van der Waals surface area contributed by atoms with Gasteiger partial charge in [-0.2, -0.15) is 4.31 Å². The Kier molecular flexibility index (Phi) is 6.41. The van der Waals surface area contributed by atoms with Crippen molar-refractivity contribution < 1.29 is 18.3 Å². The number of hydrogen-bond donors (Lipinski definition) is 2. The molecule has 0 fully saturated rings. The van der Waals surface area contributed by atoms with E-state index in [0.717, 1.165) is 16.5 Å². The summed E-state index contributed by atoms with van der Waals surface area (Å²) in [4.78, 5) is 0.200. The predicted molar refractivity (Wildman–Crippen MR) is 78.3 cm³/mol. The number of benzene rings is 1. The lowest BCUT2D eigenvalue weighted by molar-refractivity contribution is 0.0554. The summed E-state index contributed by atoms with van der Waals surface area (Å²) >= 11 is 0. The summed E-state index contributed by atoms with van der Waals surface area (Å²) in [6.07, 6.45) is -0.846. The van der Waals surface area contributed by atoms with Gasteiger partial charge >= 0.3 is 0 Å². The maximum absolute atomic E-state index is 12.3. The highest BCUT2D eigenvalue weighted by molar-refractivity contribution is 7.89. The van der Waals surface area contributed by atoms with Crippen LogP contribution in [-0.4, -0.2) is 57.8 Å². The Balaban J connectivity index is 2.81. The number of likely N-dealkylation sites (N-methyl/N-ethyl adjacent to an activating group) is 1. The molecule has 1 unspecified atom stereocenters. The molecule has 1 atom stereocenters. The molecule has 20 heavy (non-hydrogen) atoms. The SMILES string of the molecule is CCNc1ccc(S(=O)(=O)N(C)CC(O)COC)cc1. The summed E-state index contributed by atoms with van der Waals surface area (Å²) in [7, 11) is -0.702. The van der Waals surface area contributed by atoms with Crippen LogP contribution in [0.3, 0.4) is 0 Å². The molecule has 0 radical (unpaired) electrons. The summed E-state index contributed by atoms with van der Waals surface area (Å²) < 4.78 is 30.5. The molecule has 0 aliphatic carbocycles. The van der Waals surface area contributed by atoms with Crippen LogP contribution in [0.1, 0.15) is 6.92 Å². The van der Waals surface area contributed by atoms with Crippen LogP contribution in [-0.2, 0) is 14.8 Å². The van der Waals surface area contributed by atoms with Crippen molar-refractivity contribution in [2.45, 2.75) is 17.9 Å². The molecule has 0 aliphatic rings. The minimum atomic E-state index is -3.59. The van der Waals surface area contributed by atoms with E-state index >= 15 is 0 Å². The van der Waals surface area contributed by atoms with E-state index in [9.17, 15) is 13.5 Å². The standard InChI is InChI=1S/C13H22N2O4S/c1-4-14-11-5-7-13(8-6-11)20(17,18)15(2)9-12(16)10-19-3/h5-8,12,14,16H,4,9-10H2,1-3H3.